The first-order valence-corrected chi connectivity index (χ1v) is 11.5. The van der Waals surface area contributed by atoms with E-state index in [0.29, 0.717) is 5.56 Å². The van der Waals surface area contributed by atoms with Gasteiger partial charge in [-0.2, -0.15) is 13.2 Å². The van der Waals surface area contributed by atoms with Crippen molar-refractivity contribution in [1.82, 2.24) is 5.32 Å². The van der Waals surface area contributed by atoms with Crippen LogP contribution in [0.1, 0.15) is 23.1 Å². The first kappa shape index (κ1) is 25.2. The number of aryl methyl sites for hydroxylation is 1. The van der Waals surface area contributed by atoms with E-state index in [2.05, 4.69) is 10.6 Å². The molecule has 2 rings (SSSR count). The van der Waals surface area contributed by atoms with Gasteiger partial charge < -0.3 is 15.4 Å². The van der Waals surface area contributed by atoms with E-state index in [4.69, 9.17) is 4.74 Å². The van der Waals surface area contributed by atoms with Crippen LogP contribution in [0.2, 0.25) is 0 Å². The third-order valence-electron chi connectivity index (χ3n) is 4.41. The molecule has 2 aromatic rings. The van der Waals surface area contributed by atoms with Crippen LogP contribution in [0.3, 0.4) is 0 Å². The topological polar surface area (TPSA) is 102 Å². The minimum atomic E-state index is -4.61. The molecule has 0 aliphatic rings. The van der Waals surface area contributed by atoms with Crippen molar-refractivity contribution in [3.63, 3.8) is 0 Å². The van der Waals surface area contributed by atoms with Crippen molar-refractivity contribution in [3.05, 3.63) is 65.2 Å². The number of alkyl carbamates (subject to hydrolysis) is 1. The molecule has 0 heterocycles. The molecular formula is C21H23F3N2O5S. The highest BCUT2D eigenvalue weighted by Gasteiger charge is 2.33. The second-order valence-corrected chi connectivity index (χ2v) is 9.45. The molecule has 0 radical (unpaired) electrons. The van der Waals surface area contributed by atoms with Crippen LogP contribution in [-0.4, -0.2) is 38.5 Å². The van der Waals surface area contributed by atoms with Crippen LogP contribution in [0.15, 0.2) is 48.5 Å². The Balaban J connectivity index is 2.11. The molecule has 0 saturated heterocycles. The summed E-state index contributed by atoms with van der Waals surface area (Å²) in [6.07, 6.45) is -4.91. The lowest BCUT2D eigenvalue weighted by atomic mass is 10.1. The quantitative estimate of drug-likeness (QED) is 0.610. The smallest absolute Gasteiger partial charge is 0.416 e. The molecule has 0 aliphatic carbocycles. The molecule has 0 aliphatic heterocycles. The van der Waals surface area contributed by atoms with E-state index < -0.39 is 45.4 Å². The van der Waals surface area contributed by atoms with Crippen molar-refractivity contribution in [2.24, 2.45) is 0 Å². The van der Waals surface area contributed by atoms with Crippen LogP contribution < -0.4 is 10.6 Å². The molecule has 1 atom stereocenters. The Morgan fingerprint density at radius 3 is 2.34 bits per heavy atom. The van der Waals surface area contributed by atoms with Crippen LogP contribution in [0, 0.1) is 6.92 Å². The molecule has 32 heavy (non-hydrogen) atoms. The molecule has 11 heteroatoms. The highest BCUT2D eigenvalue weighted by atomic mass is 32.2. The lowest BCUT2D eigenvalue weighted by Gasteiger charge is -2.19. The molecule has 0 fully saturated rings. The van der Waals surface area contributed by atoms with E-state index in [1.807, 2.05) is 0 Å². The largest absolute Gasteiger partial charge is 0.445 e. The van der Waals surface area contributed by atoms with Crippen LogP contribution in [0.25, 0.3) is 0 Å². The number of halogens is 3. The standard InChI is InChI=1S/C21H23F3N2O5S/c1-14-8-9-16(12-17(14)21(22,23)24)25-19(27)18(10-11-32(2,29)30)26-20(28)31-13-15-6-4-3-5-7-15/h3-9,12,18H,10-11,13H2,1-2H3,(H,25,27)(H,26,28). The van der Waals surface area contributed by atoms with Crippen LogP contribution in [-0.2, 0) is 32.2 Å². The Hall–Kier alpha value is -3.08. The average Bonchev–Trinajstić information content (AvgIpc) is 2.70. The molecule has 174 valence electrons. The minimum Gasteiger partial charge on any atom is -0.445 e. The van der Waals surface area contributed by atoms with Crippen LogP contribution >= 0.6 is 0 Å². The number of hydrogen-bond donors (Lipinski definition) is 2. The van der Waals surface area contributed by atoms with E-state index in [-0.39, 0.29) is 24.3 Å². The number of amides is 2. The molecule has 0 saturated carbocycles. The normalized spacial score (nSPS) is 12.7. The molecule has 7 nitrogen and oxygen atoms in total. The van der Waals surface area contributed by atoms with Gasteiger partial charge in [0.05, 0.1) is 11.3 Å². The first-order chi connectivity index (χ1) is 14.8. The van der Waals surface area contributed by atoms with Crippen molar-refractivity contribution in [2.45, 2.75) is 32.2 Å². The fourth-order valence-corrected chi connectivity index (χ4v) is 3.41. The number of nitrogens with one attached hydrogen (secondary N) is 2. The van der Waals surface area contributed by atoms with Gasteiger partial charge in [0.15, 0.2) is 0 Å². The second-order valence-electron chi connectivity index (χ2n) is 7.19. The Morgan fingerprint density at radius 2 is 1.75 bits per heavy atom. The predicted octanol–water partition coefficient (Wildman–Crippen LogP) is 3.68. The van der Waals surface area contributed by atoms with Crippen molar-refractivity contribution in [1.29, 1.82) is 0 Å². The summed E-state index contributed by atoms with van der Waals surface area (Å²) in [5.74, 6) is -1.30. The van der Waals surface area contributed by atoms with Crippen molar-refractivity contribution in [3.8, 4) is 0 Å². The molecule has 2 aromatic carbocycles. The highest BCUT2D eigenvalue weighted by Crippen LogP contribution is 2.33. The molecule has 0 aromatic heterocycles. The summed E-state index contributed by atoms with van der Waals surface area (Å²) in [5.41, 5.74) is -0.388. The fraction of sp³-hybridized carbons (Fsp3) is 0.333. The Labute approximate surface area is 183 Å². The summed E-state index contributed by atoms with van der Waals surface area (Å²) in [5, 5.41) is 4.57. The van der Waals surface area contributed by atoms with E-state index >= 15 is 0 Å². The van der Waals surface area contributed by atoms with Crippen LogP contribution in [0.4, 0.5) is 23.7 Å². The zero-order valence-corrected chi connectivity index (χ0v) is 18.2. The summed E-state index contributed by atoms with van der Waals surface area (Å²) in [6, 6.07) is 10.6. The number of ether oxygens (including phenoxy) is 1. The van der Waals surface area contributed by atoms with Gasteiger partial charge in [0.2, 0.25) is 5.91 Å². The van der Waals surface area contributed by atoms with Crippen molar-refractivity contribution >= 4 is 27.5 Å². The number of benzene rings is 2. The van der Waals surface area contributed by atoms with Gasteiger partial charge in [-0.25, -0.2) is 13.2 Å². The number of sulfone groups is 1. The van der Waals surface area contributed by atoms with E-state index in [1.165, 1.54) is 19.1 Å². The maximum absolute atomic E-state index is 13.1. The summed E-state index contributed by atoms with van der Waals surface area (Å²) < 4.78 is 67.4. The molecule has 0 spiro atoms. The van der Waals surface area contributed by atoms with Gasteiger partial charge in [0.25, 0.3) is 0 Å². The summed E-state index contributed by atoms with van der Waals surface area (Å²) in [4.78, 5) is 24.8. The third-order valence-corrected chi connectivity index (χ3v) is 5.39. The number of alkyl halides is 3. The Kier molecular flexibility index (Phi) is 8.25. The maximum atomic E-state index is 13.1. The first-order valence-electron chi connectivity index (χ1n) is 9.49. The Bertz CT molecular complexity index is 1060. The van der Waals surface area contributed by atoms with Crippen molar-refractivity contribution in [2.75, 3.05) is 17.3 Å². The van der Waals surface area contributed by atoms with Gasteiger partial charge in [-0.15, -0.1) is 0 Å². The highest BCUT2D eigenvalue weighted by molar-refractivity contribution is 7.90. The molecule has 2 N–H and O–H groups in total. The number of rotatable bonds is 8. The van der Waals surface area contributed by atoms with Gasteiger partial charge in [0, 0.05) is 11.9 Å². The number of carbonyl (C=O) groups is 2. The molecule has 2 amide bonds. The summed E-state index contributed by atoms with van der Waals surface area (Å²) in [6.45, 7) is 1.20. The average molecular weight is 472 g/mol. The fourth-order valence-electron chi connectivity index (χ4n) is 2.74. The van der Waals surface area contributed by atoms with Crippen LogP contribution in [0.5, 0.6) is 0 Å². The maximum Gasteiger partial charge on any atom is 0.416 e. The lowest BCUT2D eigenvalue weighted by molar-refractivity contribution is -0.138. The van der Waals surface area contributed by atoms with Gasteiger partial charge in [0.1, 0.15) is 22.5 Å². The SMILES string of the molecule is Cc1ccc(NC(=O)C(CCS(C)(=O)=O)NC(=O)OCc2ccccc2)cc1C(F)(F)F. The molecular weight excluding hydrogens is 449 g/mol. The minimum absolute atomic E-state index is 0.0215. The van der Waals surface area contributed by atoms with E-state index in [9.17, 15) is 31.2 Å². The van der Waals surface area contributed by atoms with E-state index in [1.54, 1.807) is 30.3 Å². The van der Waals surface area contributed by atoms with Gasteiger partial charge in [-0.1, -0.05) is 36.4 Å². The zero-order chi connectivity index (χ0) is 23.9. The third kappa shape index (κ3) is 8.22. The zero-order valence-electron chi connectivity index (χ0n) is 17.4. The van der Waals surface area contributed by atoms with E-state index in [0.717, 1.165) is 12.3 Å². The summed E-state index contributed by atoms with van der Waals surface area (Å²) in [7, 11) is -3.47. The van der Waals surface area contributed by atoms with Gasteiger partial charge >= 0.3 is 12.3 Å². The monoisotopic (exact) mass is 472 g/mol. The van der Waals surface area contributed by atoms with Gasteiger partial charge in [-0.3, -0.25) is 4.79 Å². The Morgan fingerprint density at radius 1 is 1.09 bits per heavy atom. The molecule has 1 unspecified atom stereocenters. The molecule has 0 bridgehead atoms. The number of anilines is 1. The lowest BCUT2D eigenvalue weighted by Crippen LogP contribution is -2.45. The second kappa shape index (κ2) is 10.5. The van der Waals surface area contributed by atoms with Gasteiger partial charge in [-0.05, 0) is 36.6 Å². The van der Waals surface area contributed by atoms with Crippen molar-refractivity contribution < 1.29 is 35.9 Å². The summed E-state index contributed by atoms with van der Waals surface area (Å²) >= 11 is 0. The number of carbonyl (C=O) groups excluding carboxylic acids is 2. The number of hydrogen-bond acceptors (Lipinski definition) is 5. The predicted molar refractivity (Wildman–Crippen MR) is 113 cm³/mol.